The van der Waals surface area contributed by atoms with Gasteiger partial charge in [0.25, 0.3) is 5.71 Å². The first-order valence-electron chi connectivity index (χ1n) is 7.27. The summed E-state index contributed by atoms with van der Waals surface area (Å²) in [5, 5.41) is 7.93. The Kier molecular flexibility index (Phi) is 4.01. The van der Waals surface area contributed by atoms with E-state index in [0.29, 0.717) is 23.0 Å². The van der Waals surface area contributed by atoms with E-state index in [1.165, 1.54) is 6.33 Å². The van der Waals surface area contributed by atoms with Gasteiger partial charge >= 0.3 is 0 Å². The third-order valence-corrected chi connectivity index (χ3v) is 3.23. The van der Waals surface area contributed by atoms with Gasteiger partial charge in [0, 0.05) is 11.8 Å². The van der Waals surface area contributed by atoms with Crippen LogP contribution >= 0.6 is 0 Å². The largest absolute Gasteiger partial charge is 0.493 e. The molecule has 120 valence electrons. The van der Waals surface area contributed by atoms with Crippen LogP contribution < -0.4 is 14.8 Å². The van der Waals surface area contributed by atoms with Crippen LogP contribution in [-0.2, 0) is 0 Å². The van der Waals surface area contributed by atoms with Crippen LogP contribution in [0.4, 0.5) is 11.5 Å². The van der Waals surface area contributed by atoms with Gasteiger partial charge in [-0.3, -0.25) is 0 Å². The van der Waals surface area contributed by atoms with Crippen molar-refractivity contribution < 1.29 is 14.0 Å². The minimum Gasteiger partial charge on any atom is -0.493 e. The highest BCUT2D eigenvalue weighted by Crippen LogP contribution is 2.33. The molecule has 0 atom stereocenters. The summed E-state index contributed by atoms with van der Waals surface area (Å²) in [6.07, 6.45) is 1.48. The highest BCUT2D eigenvalue weighted by molar-refractivity contribution is 5.89. The second-order valence-electron chi connectivity index (χ2n) is 5.33. The Hall–Kier alpha value is -2.83. The van der Waals surface area contributed by atoms with E-state index in [9.17, 15) is 0 Å². The van der Waals surface area contributed by atoms with Crippen LogP contribution in [0.2, 0.25) is 0 Å². The van der Waals surface area contributed by atoms with Crippen molar-refractivity contribution in [3.05, 3.63) is 30.2 Å². The zero-order valence-electron chi connectivity index (χ0n) is 13.5. The molecular formula is C16H18N4O3. The molecule has 7 nitrogen and oxygen atoms in total. The molecule has 2 aromatic heterocycles. The van der Waals surface area contributed by atoms with E-state index >= 15 is 0 Å². The van der Waals surface area contributed by atoms with Crippen LogP contribution in [0.15, 0.2) is 29.0 Å². The fourth-order valence-electron chi connectivity index (χ4n) is 2.25. The Morgan fingerprint density at radius 2 is 2.00 bits per heavy atom. The number of rotatable bonds is 5. The molecule has 2 heterocycles. The summed E-state index contributed by atoms with van der Waals surface area (Å²) in [5.41, 5.74) is 2.00. The fourth-order valence-corrected chi connectivity index (χ4v) is 2.25. The molecule has 0 radical (unpaired) electrons. The maximum Gasteiger partial charge on any atom is 0.263 e. The maximum atomic E-state index is 5.78. The molecule has 3 aromatic rings. The van der Waals surface area contributed by atoms with E-state index in [1.807, 2.05) is 39.0 Å². The lowest BCUT2D eigenvalue weighted by molar-refractivity contribution is 0.230. The van der Waals surface area contributed by atoms with Crippen molar-refractivity contribution in [2.24, 2.45) is 0 Å². The van der Waals surface area contributed by atoms with Crippen LogP contribution in [0.5, 0.6) is 11.5 Å². The number of aromatic nitrogens is 3. The molecule has 0 amide bonds. The zero-order chi connectivity index (χ0) is 16.4. The number of nitrogens with zero attached hydrogens (tertiary/aromatic N) is 3. The van der Waals surface area contributed by atoms with E-state index in [2.05, 4.69) is 20.4 Å². The second kappa shape index (κ2) is 6.12. The van der Waals surface area contributed by atoms with Gasteiger partial charge in [-0.1, -0.05) is 5.16 Å². The summed E-state index contributed by atoms with van der Waals surface area (Å²) in [6.45, 7) is 5.78. The molecule has 0 fully saturated rings. The summed E-state index contributed by atoms with van der Waals surface area (Å²) in [4.78, 5) is 8.34. The first-order chi connectivity index (χ1) is 11.1. The number of methoxy groups -OCH3 is 1. The summed E-state index contributed by atoms with van der Waals surface area (Å²) in [7, 11) is 1.62. The number of benzene rings is 1. The van der Waals surface area contributed by atoms with Crippen molar-refractivity contribution in [3.63, 3.8) is 0 Å². The molecule has 3 rings (SSSR count). The van der Waals surface area contributed by atoms with Gasteiger partial charge in [0.05, 0.1) is 18.9 Å². The normalized spacial score (nSPS) is 11.0. The van der Waals surface area contributed by atoms with Gasteiger partial charge in [-0.25, -0.2) is 4.98 Å². The summed E-state index contributed by atoms with van der Waals surface area (Å²) in [6, 6.07) is 5.61. The van der Waals surface area contributed by atoms with Crippen LogP contribution in [0.3, 0.4) is 0 Å². The molecule has 0 spiro atoms. The van der Waals surface area contributed by atoms with Gasteiger partial charge in [0.1, 0.15) is 17.5 Å². The smallest absolute Gasteiger partial charge is 0.263 e. The number of nitrogens with one attached hydrogen (secondary N) is 1. The summed E-state index contributed by atoms with van der Waals surface area (Å²) in [5.74, 6) is 1.98. The number of fused-ring (bicyclic) bond motifs is 1. The monoisotopic (exact) mass is 314 g/mol. The Bertz CT molecular complexity index is 829. The standard InChI is InChI=1S/C16H18N4O3/c1-9(2)22-13-7-11(5-6-12(13)21-4)19-15-14-10(3)20-23-16(14)18-8-17-15/h5-9H,1-4H3,(H,17,18,19). The van der Waals surface area contributed by atoms with Crippen molar-refractivity contribution >= 4 is 22.6 Å². The van der Waals surface area contributed by atoms with Crippen LogP contribution in [0.1, 0.15) is 19.5 Å². The Morgan fingerprint density at radius 3 is 2.74 bits per heavy atom. The first-order valence-corrected chi connectivity index (χ1v) is 7.27. The molecule has 7 heteroatoms. The average Bonchev–Trinajstić information content (AvgIpc) is 2.90. The fraction of sp³-hybridized carbons (Fsp3) is 0.312. The SMILES string of the molecule is COc1ccc(Nc2ncnc3onc(C)c23)cc1OC(C)C. The molecule has 1 aromatic carbocycles. The second-order valence-corrected chi connectivity index (χ2v) is 5.33. The van der Waals surface area contributed by atoms with E-state index in [4.69, 9.17) is 14.0 Å². The highest BCUT2D eigenvalue weighted by Gasteiger charge is 2.13. The number of anilines is 2. The van der Waals surface area contributed by atoms with Crippen molar-refractivity contribution in [2.75, 3.05) is 12.4 Å². The van der Waals surface area contributed by atoms with Gasteiger partial charge < -0.3 is 19.3 Å². The lowest BCUT2D eigenvalue weighted by atomic mass is 10.2. The third kappa shape index (κ3) is 3.03. The number of ether oxygens (including phenoxy) is 2. The topological polar surface area (TPSA) is 82.3 Å². The minimum absolute atomic E-state index is 0.0465. The van der Waals surface area contributed by atoms with Crippen LogP contribution in [0.25, 0.3) is 11.1 Å². The molecule has 23 heavy (non-hydrogen) atoms. The number of hydrogen-bond donors (Lipinski definition) is 1. The maximum absolute atomic E-state index is 5.78. The van der Waals surface area contributed by atoms with Gasteiger partial charge in [-0.2, -0.15) is 4.98 Å². The lowest BCUT2D eigenvalue weighted by Crippen LogP contribution is -2.07. The Labute approximate surface area is 133 Å². The Morgan fingerprint density at radius 1 is 1.17 bits per heavy atom. The quantitative estimate of drug-likeness (QED) is 0.772. The summed E-state index contributed by atoms with van der Waals surface area (Å²) >= 11 is 0. The predicted molar refractivity (Wildman–Crippen MR) is 86.4 cm³/mol. The predicted octanol–water partition coefficient (Wildman–Crippen LogP) is 3.47. The summed E-state index contributed by atoms with van der Waals surface area (Å²) < 4.78 is 16.3. The van der Waals surface area contributed by atoms with Gasteiger partial charge in [0.2, 0.25) is 0 Å². The third-order valence-electron chi connectivity index (χ3n) is 3.23. The number of hydrogen-bond acceptors (Lipinski definition) is 7. The van der Waals surface area contributed by atoms with Gasteiger partial charge in [0.15, 0.2) is 11.5 Å². The highest BCUT2D eigenvalue weighted by atomic mass is 16.5. The molecule has 0 saturated carbocycles. The Balaban J connectivity index is 1.97. The van der Waals surface area contributed by atoms with E-state index in [0.717, 1.165) is 16.8 Å². The van der Waals surface area contributed by atoms with E-state index in [-0.39, 0.29) is 6.10 Å². The van der Waals surface area contributed by atoms with Crippen molar-refractivity contribution in [3.8, 4) is 11.5 Å². The molecule has 0 aliphatic rings. The van der Waals surface area contributed by atoms with Crippen molar-refractivity contribution in [1.82, 2.24) is 15.1 Å². The van der Waals surface area contributed by atoms with Crippen molar-refractivity contribution in [2.45, 2.75) is 26.9 Å². The molecule has 0 aliphatic heterocycles. The lowest BCUT2D eigenvalue weighted by Gasteiger charge is -2.15. The molecular weight excluding hydrogens is 296 g/mol. The van der Waals surface area contributed by atoms with Crippen molar-refractivity contribution in [1.29, 1.82) is 0 Å². The molecule has 0 saturated heterocycles. The molecule has 0 bridgehead atoms. The molecule has 0 aliphatic carbocycles. The van der Waals surface area contributed by atoms with E-state index in [1.54, 1.807) is 7.11 Å². The van der Waals surface area contributed by atoms with Gasteiger partial charge in [-0.15, -0.1) is 0 Å². The molecule has 0 unspecified atom stereocenters. The van der Waals surface area contributed by atoms with Gasteiger partial charge in [-0.05, 0) is 32.9 Å². The molecule has 1 N–H and O–H groups in total. The van der Waals surface area contributed by atoms with Crippen LogP contribution in [0, 0.1) is 6.92 Å². The first kappa shape index (κ1) is 15.1. The van der Waals surface area contributed by atoms with Crippen LogP contribution in [-0.4, -0.2) is 28.3 Å². The van der Waals surface area contributed by atoms with E-state index < -0.39 is 0 Å². The minimum atomic E-state index is 0.0465. The zero-order valence-corrected chi connectivity index (χ0v) is 13.5. The number of aryl methyl sites for hydroxylation is 1. The average molecular weight is 314 g/mol.